The number of aliphatic hydroxyl groups excluding tert-OH is 1. The number of phenols is 1. The van der Waals surface area contributed by atoms with Gasteiger partial charge in [-0.05, 0) is 69.5 Å². The van der Waals surface area contributed by atoms with Crippen LogP contribution in [0.4, 0.5) is 0 Å². The van der Waals surface area contributed by atoms with Gasteiger partial charge in [0.1, 0.15) is 18.6 Å². The van der Waals surface area contributed by atoms with Gasteiger partial charge >= 0.3 is 11.9 Å². The van der Waals surface area contributed by atoms with Crippen molar-refractivity contribution in [3.05, 3.63) is 74.5 Å². The number of carbonyl (C=O) groups is 2. The molecular formula is C41H44N4O9S. The summed E-state index contributed by atoms with van der Waals surface area (Å²) in [5, 5.41) is 28.8. The van der Waals surface area contributed by atoms with E-state index in [0.717, 1.165) is 56.4 Å². The summed E-state index contributed by atoms with van der Waals surface area (Å²) in [5.74, 6) is 1.13. The van der Waals surface area contributed by atoms with Crippen LogP contribution in [0.5, 0.6) is 28.7 Å². The van der Waals surface area contributed by atoms with Crippen molar-refractivity contribution < 1.29 is 43.5 Å². The summed E-state index contributed by atoms with van der Waals surface area (Å²) in [5.41, 5.74) is 7.22. The molecule has 8 heterocycles. The van der Waals surface area contributed by atoms with Crippen molar-refractivity contribution in [2.75, 3.05) is 39.9 Å². The van der Waals surface area contributed by atoms with Gasteiger partial charge < -0.3 is 38.9 Å². The van der Waals surface area contributed by atoms with Gasteiger partial charge in [-0.25, -0.2) is 4.79 Å². The zero-order valence-corrected chi connectivity index (χ0v) is 32.4. The molecule has 4 bridgehead atoms. The predicted octanol–water partition coefficient (Wildman–Crippen LogP) is 4.49. The second-order valence-corrected chi connectivity index (χ2v) is 16.9. The highest BCUT2D eigenvalue weighted by molar-refractivity contribution is 7.99. The third-order valence-corrected chi connectivity index (χ3v) is 14.3. The predicted molar refractivity (Wildman–Crippen MR) is 203 cm³/mol. The number of nitrogens with one attached hydrogen (secondary N) is 2. The third-order valence-electron chi connectivity index (χ3n) is 12.9. The number of thioether (sulfide) groups is 1. The number of hydrogen-bond acceptors (Lipinski definition) is 13. The lowest BCUT2D eigenvalue weighted by Crippen LogP contribution is -2.70. The molecule has 3 aromatic carbocycles. The molecule has 55 heavy (non-hydrogen) atoms. The van der Waals surface area contributed by atoms with Crippen LogP contribution in [-0.4, -0.2) is 95.1 Å². The molecule has 1 aromatic heterocycles. The number of phenolic OH excluding ortho intramolecular Hbond substituents is 1. The van der Waals surface area contributed by atoms with Crippen LogP contribution in [0.3, 0.4) is 0 Å². The second-order valence-electron chi connectivity index (χ2n) is 15.8. The lowest BCUT2D eigenvalue weighted by molar-refractivity contribution is -0.186. The lowest BCUT2D eigenvalue weighted by atomic mass is 9.73. The number of esters is 2. The van der Waals surface area contributed by atoms with E-state index >= 15 is 0 Å². The summed E-state index contributed by atoms with van der Waals surface area (Å²) in [6, 6.07) is 6.26. The Bertz CT molecular complexity index is 2340. The standard InChI is InChI=1S/C41H44N4O9S/c1-17-7-8-24-23(11-17)22-9-10-42-41(38(22)43-24)15-55-37-29-28(36-35(52-16-53-36)19(3)34(29)54-20(4)46)26(14-51-40(41)49)45-31(37)30-27-21(13-25(39(45)48)44(30)5)12-18(2)33(50-6)32(27)47/h7-8,11-12,25-26,30-31,37,39,42-43,47-48H,9-10,13-16H2,1-6H3/t25-,26-,30-,31?,37-,39+,41-/m1/s1. The van der Waals surface area contributed by atoms with Crippen molar-refractivity contribution in [2.45, 2.75) is 81.7 Å². The Morgan fingerprint density at radius 1 is 1.07 bits per heavy atom. The first kappa shape index (κ1) is 35.0. The molecule has 4 aromatic rings. The summed E-state index contributed by atoms with van der Waals surface area (Å²) >= 11 is 1.55. The Hall–Kier alpha value is -4.47. The van der Waals surface area contributed by atoms with Gasteiger partial charge in [-0.15, -0.1) is 11.8 Å². The highest BCUT2D eigenvalue weighted by Gasteiger charge is 2.61. The van der Waals surface area contributed by atoms with Gasteiger partial charge in [0.15, 0.2) is 28.5 Å². The molecule has 2 saturated heterocycles. The molecule has 0 aliphatic carbocycles. The number of aliphatic hydroxyl groups is 1. The molecule has 288 valence electrons. The first-order valence-electron chi connectivity index (χ1n) is 18.8. The van der Waals surface area contributed by atoms with Gasteiger partial charge in [-0.2, -0.15) is 0 Å². The average molecular weight is 769 g/mol. The second kappa shape index (κ2) is 12.3. The summed E-state index contributed by atoms with van der Waals surface area (Å²) in [6.45, 7) is 7.61. The van der Waals surface area contributed by atoms with E-state index in [4.69, 9.17) is 23.7 Å². The number of methoxy groups -OCH3 is 1. The minimum atomic E-state index is -1.24. The number of benzene rings is 3. The monoisotopic (exact) mass is 768 g/mol. The maximum atomic E-state index is 14.8. The summed E-state index contributed by atoms with van der Waals surface area (Å²) in [7, 11) is 3.54. The van der Waals surface area contributed by atoms with E-state index in [1.165, 1.54) is 6.92 Å². The number of likely N-dealkylation sites (N-methyl/N-ethyl adjacent to an activating group) is 1. The van der Waals surface area contributed by atoms with E-state index in [1.807, 2.05) is 20.9 Å². The van der Waals surface area contributed by atoms with Crippen molar-refractivity contribution in [3.8, 4) is 28.7 Å². The molecule has 0 saturated carbocycles. The number of fused-ring (bicyclic) bond motifs is 11. The number of nitrogens with zero attached hydrogens (tertiary/aromatic N) is 2. The van der Waals surface area contributed by atoms with Crippen LogP contribution in [0.15, 0.2) is 24.3 Å². The fourth-order valence-corrected chi connectivity index (χ4v) is 12.3. The van der Waals surface area contributed by atoms with Gasteiger partial charge in [0, 0.05) is 58.4 Å². The van der Waals surface area contributed by atoms with E-state index in [-0.39, 0.29) is 30.9 Å². The zero-order chi connectivity index (χ0) is 38.2. The minimum absolute atomic E-state index is 0.0352. The first-order chi connectivity index (χ1) is 26.4. The highest BCUT2D eigenvalue weighted by Crippen LogP contribution is 2.64. The number of piperazine rings is 1. The molecule has 14 heteroatoms. The van der Waals surface area contributed by atoms with E-state index in [2.05, 4.69) is 51.3 Å². The number of aromatic nitrogens is 1. The van der Waals surface area contributed by atoms with Gasteiger partial charge in [-0.3, -0.25) is 19.9 Å². The number of aryl methyl sites for hydroxylation is 2. The summed E-state index contributed by atoms with van der Waals surface area (Å²) in [4.78, 5) is 35.6. The maximum absolute atomic E-state index is 14.8. The number of ether oxygens (including phenoxy) is 5. The number of H-pyrrole nitrogens is 1. The highest BCUT2D eigenvalue weighted by atomic mass is 32.2. The summed E-state index contributed by atoms with van der Waals surface area (Å²) < 4.78 is 30.7. The Morgan fingerprint density at radius 3 is 2.65 bits per heavy atom. The number of aromatic hydroxyl groups is 1. The molecule has 11 rings (SSSR count). The van der Waals surface area contributed by atoms with Crippen molar-refractivity contribution in [2.24, 2.45) is 0 Å². The molecular weight excluding hydrogens is 725 g/mol. The Labute approximate surface area is 322 Å². The fraction of sp³-hybridized carbons (Fsp3) is 0.463. The van der Waals surface area contributed by atoms with Gasteiger partial charge in [0.05, 0.1) is 36.2 Å². The molecule has 7 aliphatic rings. The van der Waals surface area contributed by atoms with Crippen LogP contribution in [0.1, 0.15) is 74.5 Å². The third kappa shape index (κ3) is 4.69. The van der Waals surface area contributed by atoms with Crippen molar-refractivity contribution in [3.63, 3.8) is 0 Å². The molecule has 13 nitrogen and oxygen atoms in total. The zero-order valence-electron chi connectivity index (χ0n) is 31.6. The van der Waals surface area contributed by atoms with Gasteiger partial charge in [0.2, 0.25) is 6.79 Å². The molecule has 2 fully saturated rings. The number of carbonyl (C=O) groups excluding carboxylic acids is 2. The van der Waals surface area contributed by atoms with E-state index in [1.54, 1.807) is 18.9 Å². The smallest absolute Gasteiger partial charge is 0.333 e. The summed E-state index contributed by atoms with van der Waals surface area (Å²) in [6.07, 6.45) is 0.202. The quantitative estimate of drug-likeness (QED) is 0.168. The molecule has 0 radical (unpaired) electrons. The van der Waals surface area contributed by atoms with Crippen molar-refractivity contribution in [1.82, 2.24) is 20.1 Å². The molecule has 1 unspecified atom stereocenters. The van der Waals surface area contributed by atoms with E-state index < -0.39 is 47.1 Å². The van der Waals surface area contributed by atoms with Crippen LogP contribution in [0.25, 0.3) is 10.9 Å². The van der Waals surface area contributed by atoms with Crippen LogP contribution in [0.2, 0.25) is 0 Å². The molecule has 1 spiro atoms. The SMILES string of the molecule is COc1c(C)cc2c(c1O)[C@@H]1C3[C@@H]4SC[C@]5(NCCc6c5[nH]c5ccc(C)cc65)C(=O)OC[C@H](c5c6c(c(C)c(OC(C)=O)c54)OCO6)N3[C@@H](O)[C@@H](C2)N1C. The molecule has 4 N–H and O–H groups in total. The fourth-order valence-electron chi connectivity index (χ4n) is 10.6. The number of hydrogen-bond donors (Lipinski definition) is 4. The Kier molecular flexibility index (Phi) is 7.80. The van der Waals surface area contributed by atoms with E-state index in [9.17, 15) is 19.8 Å². The molecule has 7 aliphatic heterocycles. The Balaban J connectivity index is 1.24. The van der Waals surface area contributed by atoms with Crippen LogP contribution < -0.4 is 24.3 Å². The van der Waals surface area contributed by atoms with Crippen molar-refractivity contribution >= 4 is 34.6 Å². The Morgan fingerprint density at radius 2 is 1.87 bits per heavy atom. The normalized spacial score (nSPS) is 29.3. The lowest BCUT2D eigenvalue weighted by Gasteiger charge is -2.62. The molecule has 0 amide bonds. The van der Waals surface area contributed by atoms with E-state index in [0.29, 0.717) is 47.1 Å². The number of aromatic amines is 1. The van der Waals surface area contributed by atoms with Crippen LogP contribution >= 0.6 is 11.8 Å². The average Bonchev–Trinajstić information content (AvgIpc) is 3.79. The van der Waals surface area contributed by atoms with Gasteiger partial charge in [0.25, 0.3) is 0 Å². The number of rotatable bonds is 2. The van der Waals surface area contributed by atoms with Crippen LogP contribution in [0, 0.1) is 20.8 Å². The molecule has 7 atom stereocenters. The van der Waals surface area contributed by atoms with Gasteiger partial charge in [-0.1, -0.05) is 17.7 Å². The van der Waals surface area contributed by atoms with Crippen LogP contribution in [-0.2, 0) is 32.7 Å². The maximum Gasteiger partial charge on any atom is 0.333 e. The minimum Gasteiger partial charge on any atom is -0.504 e. The largest absolute Gasteiger partial charge is 0.504 e. The first-order valence-corrected chi connectivity index (χ1v) is 19.9. The van der Waals surface area contributed by atoms with Crippen molar-refractivity contribution in [1.29, 1.82) is 0 Å². The topological polar surface area (TPSA) is 155 Å².